The molecule has 0 radical (unpaired) electrons. The van der Waals surface area contributed by atoms with Gasteiger partial charge in [-0.3, -0.25) is 0 Å². The average Bonchev–Trinajstić information content (AvgIpc) is 1.89. The second-order valence-electron chi connectivity index (χ2n) is 1.45. The Morgan fingerprint density at radius 3 is 2.70 bits per heavy atom. The first-order chi connectivity index (χ1) is 4.31. The zero-order chi connectivity index (χ0) is 7.11. The molecule has 0 saturated carbocycles. The number of esters is 1. The van der Waals surface area contributed by atoms with E-state index in [1.165, 1.54) is 0 Å². The summed E-state index contributed by atoms with van der Waals surface area (Å²) in [5.41, 5.74) is 0. The predicted octanol–water partition coefficient (Wildman–Crippen LogP) is 0.156. The molecule has 0 aliphatic carbocycles. The molecule has 4 heteroatoms. The van der Waals surface area contributed by atoms with E-state index >= 15 is 0 Å². The quantitative estimate of drug-likeness (QED) is 0.278. The van der Waals surface area contributed by atoms with Crippen LogP contribution in [0, 0.1) is 0 Å². The molecule has 0 rings (SSSR count). The van der Waals surface area contributed by atoms with Crippen LogP contribution in [0.4, 0.5) is 0 Å². The molecule has 0 fully saturated rings. The molecule has 0 spiro atoms. The van der Waals surface area contributed by atoms with Gasteiger partial charge in [-0.1, -0.05) is 6.58 Å². The van der Waals surface area contributed by atoms with Crippen molar-refractivity contribution in [3.05, 3.63) is 12.7 Å². The van der Waals surface area contributed by atoms with Gasteiger partial charge in [-0.05, 0) is 0 Å². The van der Waals surface area contributed by atoms with Crippen LogP contribution in [0.2, 0.25) is 0 Å². The van der Waals surface area contributed by atoms with Crippen LogP contribution in [-0.2, 0) is 9.53 Å². The van der Waals surface area contributed by atoms with Crippen LogP contribution in [0.25, 0.3) is 0 Å². The highest BCUT2D eigenvalue weighted by atomic mass is 31.0. The van der Waals surface area contributed by atoms with Gasteiger partial charge in [-0.15, -0.1) is 0 Å². The van der Waals surface area contributed by atoms with Crippen molar-refractivity contribution in [2.45, 2.75) is 6.42 Å². The third-order valence-corrected chi connectivity index (χ3v) is 0.713. The monoisotopic (exact) mass is 164 g/mol. The number of aliphatic hydroxyl groups is 1. The lowest BCUT2D eigenvalue weighted by atomic mass is 10.5. The fraction of sp³-hybridized carbons (Fsp3) is 0.500. The second-order valence-corrected chi connectivity index (χ2v) is 1.45. The van der Waals surface area contributed by atoms with Crippen molar-refractivity contribution in [1.29, 1.82) is 0 Å². The van der Waals surface area contributed by atoms with Gasteiger partial charge in [-0.2, -0.15) is 9.90 Å². The molecular formula is C6H13O3P. The lowest BCUT2D eigenvalue weighted by Crippen LogP contribution is -2.02. The first-order valence-electron chi connectivity index (χ1n) is 2.71. The van der Waals surface area contributed by atoms with E-state index in [2.05, 4.69) is 11.3 Å². The number of carbonyl (C=O) groups is 1. The van der Waals surface area contributed by atoms with E-state index in [9.17, 15) is 4.79 Å². The average molecular weight is 164 g/mol. The second kappa shape index (κ2) is 8.60. The molecule has 0 aromatic heterocycles. The van der Waals surface area contributed by atoms with E-state index in [4.69, 9.17) is 5.11 Å². The lowest BCUT2D eigenvalue weighted by Gasteiger charge is -1.96. The van der Waals surface area contributed by atoms with Gasteiger partial charge in [0.2, 0.25) is 0 Å². The topological polar surface area (TPSA) is 46.5 Å². The minimum absolute atomic E-state index is 0. The van der Waals surface area contributed by atoms with E-state index in [1.807, 2.05) is 0 Å². The summed E-state index contributed by atoms with van der Waals surface area (Å²) in [4.78, 5) is 10.3. The molecule has 0 aliphatic heterocycles. The Morgan fingerprint density at radius 1 is 1.70 bits per heavy atom. The Bertz CT molecular complexity index is 103. The molecule has 1 atom stereocenters. The number of hydrogen-bond donors (Lipinski definition) is 1. The van der Waals surface area contributed by atoms with Crippen LogP contribution in [0.3, 0.4) is 0 Å². The van der Waals surface area contributed by atoms with Gasteiger partial charge in [0, 0.05) is 19.1 Å². The van der Waals surface area contributed by atoms with E-state index < -0.39 is 5.97 Å². The summed E-state index contributed by atoms with van der Waals surface area (Å²) in [5.74, 6) is -0.441. The maximum Gasteiger partial charge on any atom is 0.330 e. The number of rotatable bonds is 4. The van der Waals surface area contributed by atoms with Crippen molar-refractivity contribution in [2.24, 2.45) is 0 Å². The minimum atomic E-state index is -0.441. The third kappa shape index (κ3) is 7.60. The molecule has 1 unspecified atom stereocenters. The molecule has 0 saturated heterocycles. The molecule has 3 nitrogen and oxygen atoms in total. The molecular weight excluding hydrogens is 151 g/mol. The van der Waals surface area contributed by atoms with Gasteiger partial charge in [-0.25, -0.2) is 4.79 Å². The van der Waals surface area contributed by atoms with Gasteiger partial charge in [0.25, 0.3) is 0 Å². The maximum atomic E-state index is 10.3. The molecule has 0 amide bonds. The molecule has 0 aromatic rings. The Hall–Kier alpha value is -0.400. The summed E-state index contributed by atoms with van der Waals surface area (Å²) in [6.07, 6.45) is 1.58. The van der Waals surface area contributed by atoms with Crippen LogP contribution < -0.4 is 0 Å². The molecule has 0 heterocycles. The first kappa shape index (κ1) is 12.3. The molecule has 0 aliphatic rings. The lowest BCUT2D eigenvalue weighted by molar-refractivity contribution is -0.137. The third-order valence-electron chi connectivity index (χ3n) is 0.713. The Labute approximate surface area is 63.7 Å². The number of ether oxygens (including phenoxy) is 1. The fourth-order valence-corrected chi connectivity index (χ4v) is 0.296. The standard InChI is InChI=1S/C6H10O3.H3P/c1-2-6(8)9-5-3-4-7;/h2,7H,1,3-5H2;1H3. The van der Waals surface area contributed by atoms with Crippen LogP contribution >= 0.6 is 9.90 Å². The summed E-state index contributed by atoms with van der Waals surface area (Å²) in [6.45, 7) is 3.51. The summed E-state index contributed by atoms with van der Waals surface area (Å²) in [7, 11) is 0. The number of carbonyl (C=O) groups excluding carboxylic acids is 1. The number of hydrogen-bond acceptors (Lipinski definition) is 3. The number of aliphatic hydroxyl groups excluding tert-OH is 1. The molecule has 0 bridgehead atoms. The van der Waals surface area contributed by atoms with Crippen molar-refractivity contribution in [1.82, 2.24) is 0 Å². The van der Waals surface area contributed by atoms with Crippen molar-refractivity contribution in [2.75, 3.05) is 13.2 Å². The smallest absolute Gasteiger partial charge is 0.330 e. The van der Waals surface area contributed by atoms with E-state index in [1.54, 1.807) is 0 Å². The van der Waals surface area contributed by atoms with Crippen LogP contribution in [-0.4, -0.2) is 24.3 Å². The van der Waals surface area contributed by atoms with Crippen molar-refractivity contribution in [3.8, 4) is 0 Å². The van der Waals surface area contributed by atoms with Crippen LogP contribution in [0.1, 0.15) is 6.42 Å². The highest BCUT2D eigenvalue weighted by Gasteiger charge is 1.91. The molecule has 10 heavy (non-hydrogen) atoms. The van der Waals surface area contributed by atoms with E-state index in [-0.39, 0.29) is 23.1 Å². The highest BCUT2D eigenvalue weighted by molar-refractivity contribution is 6.92. The van der Waals surface area contributed by atoms with Crippen molar-refractivity contribution in [3.63, 3.8) is 0 Å². The molecule has 0 aromatic carbocycles. The minimum Gasteiger partial charge on any atom is -0.462 e. The normalized spacial score (nSPS) is 7.70. The summed E-state index contributed by atoms with van der Waals surface area (Å²) < 4.78 is 4.51. The van der Waals surface area contributed by atoms with Gasteiger partial charge in [0.1, 0.15) is 0 Å². The van der Waals surface area contributed by atoms with E-state index in [0.29, 0.717) is 6.42 Å². The predicted molar refractivity (Wildman–Crippen MR) is 44.0 cm³/mol. The van der Waals surface area contributed by atoms with Crippen LogP contribution in [0.5, 0.6) is 0 Å². The largest absolute Gasteiger partial charge is 0.462 e. The molecule has 60 valence electrons. The fourth-order valence-electron chi connectivity index (χ4n) is 0.296. The zero-order valence-electron chi connectivity index (χ0n) is 5.88. The zero-order valence-corrected chi connectivity index (χ0v) is 7.29. The molecule has 1 N–H and O–H groups in total. The Balaban J connectivity index is 0. The Morgan fingerprint density at radius 2 is 2.30 bits per heavy atom. The van der Waals surface area contributed by atoms with Crippen molar-refractivity contribution < 1.29 is 14.6 Å². The first-order valence-corrected chi connectivity index (χ1v) is 2.71. The van der Waals surface area contributed by atoms with Gasteiger partial charge < -0.3 is 9.84 Å². The Kier molecular flexibility index (Phi) is 10.6. The van der Waals surface area contributed by atoms with Gasteiger partial charge in [0.05, 0.1) is 6.61 Å². The summed E-state index contributed by atoms with van der Waals surface area (Å²) >= 11 is 0. The maximum absolute atomic E-state index is 10.3. The summed E-state index contributed by atoms with van der Waals surface area (Å²) in [5, 5.41) is 8.23. The van der Waals surface area contributed by atoms with Crippen molar-refractivity contribution >= 4 is 15.9 Å². The van der Waals surface area contributed by atoms with Gasteiger partial charge in [0.15, 0.2) is 0 Å². The SMILES string of the molecule is C=CC(=O)OCCCO.P. The van der Waals surface area contributed by atoms with Crippen LogP contribution in [0.15, 0.2) is 12.7 Å². The van der Waals surface area contributed by atoms with E-state index in [0.717, 1.165) is 6.08 Å². The van der Waals surface area contributed by atoms with Gasteiger partial charge >= 0.3 is 5.97 Å². The highest BCUT2D eigenvalue weighted by Crippen LogP contribution is 1.82. The summed E-state index contributed by atoms with van der Waals surface area (Å²) in [6, 6.07) is 0.